The van der Waals surface area contributed by atoms with E-state index in [1.54, 1.807) is 0 Å². The number of amides is 3. The first kappa shape index (κ1) is 25.2. The van der Waals surface area contributed by atoms with Crippen LogP contribution in [0.15, 0.2) is 48.5 Å². The topological polar surface area (TPSA) is 64.7 Å². The van der Waals surface area contributed by atoms with E-state index in [-0.39, 0.29) is 23.9 Å². The van der Waals surface area contributed by atoms with Crippen molar-refractivity contribution in [2.24, 2.45) is 5.92 Å². The summed E-state index contributed by atoms with van der Waals surface area (Å²) in [5.74, 6) is 0.152. The van der Waals surface area contributed by atoms with Gasteiger partial charge in [-0.3, -0.25) is 4.79 Å². The minimum atomic E-state index is -0.237. The highest BCUT2D eigenvalue weighted by Gasteiger charge is 2.27. The van der Waals surface area contributed by atoms with Crippen molar-refractivity contribution in [3.63, 3.8) is 0 Å². The number of anilines is 2. The number of urea groups is 1. The number of carbonyl (C=O) groups is 2. The zero-order chi connectivity index (χ0) is 23.7. The number of hydrogen-bond acceptors (Lipinski definition) is 3. The van der Waals surface area contributed by atoms with Gasteiger partial charge in [0.25, 0.3) is 0 Å². The molecule has 0 spiro atoms. The van der Waals surface area contributed by atoms with E-state index >= 15 is 0 Å². The van der Waals surface area contributed by atoms with Gasteiger partial charge in [0.05, 0.1) is 6.04 Å². The standard InChI is InChI=1S/C26H38N4O2/c1-7-20(8-2)25(31)30(19(4)21-13-11-10-12-14-21)18-22-17-23(28-26(32)27-9-3)15-16-24(22)29(5)6/h10-17,19-20H,7-9,18H2,1-6H3,(H2,27,28,32). The largest absolute Gasteiger partial charge is 0.377 e. The summed E-state index contributed by atoms with van der Waals surface area (Å²) in [6.45, 7) is 9.12. The molecule has 0 aromatic heterocycles. The number of benzene rings is 2. The first-order chi connectivity index (χ1) is 15.3. The third kappa shape index (κ3) is 6.49. The fourth-order valence-electron chi connectivity index (χ4n) is 3.94. The fourth-order valence-corrected chi connectivity index (χ4v) is 3.94. The lowest BCUT2D eigenvalue weighted by molar-refractivity contribution is -0.138. The van der Waals surface area contributed by atoms with Crippen LogP contribution in [0.25, 0.3) is 0 Å². The lowest BCUT2D eigenvalue weighted by Gasteiger charge is -2.34. The minimum absolute atomic E-state index is 0.0133. The molecule has 0 saturated carbocycles. The molecule has 0 aliphatic rings. The lowest BCUT2D eigenvalue weighted by atomic mass is 9.98. The van der Waals surface area contributed by atoms with Crippen LogP contribution in [0.4, 0.5) is 16.2 Å². The molecule has 2 N–H and O–H groups in total. The molecule has 2 rings (SSSR count). The Bertz CT molecular complexity index is 879. The Morgan fingerprint density at radius 3 is 2.19 bits per heavy atom. The van der Waals surface area contributed by atoms with Crippen molar-refractivity contribution < 1.29 is 9.59 Å². The molecular formula is C26H38N4O2. The van der Waals surface area contributed by atoms with E-state index in [9.17, 15) is 9.59 Å². The van der Waals surface area contributed by atoms with Crippen LogP contribution < -0.4 is 15.5 Å². The van der Waals surface area contributed by atoms with Crippen LogP contribution in [-0.4, -0.2) is 37.5 Å². The van der Waals surface area contributed by atoms with Gasteiger partial charge < -0.3 is 20.4 Å². The Kier molecular flexibility index (Phi) is 9.57. The van der Waals surface area contributed by atoms with Gasteiger partial charge in [0.15, 0.2) is 0 Å². The van der Waals surface area contributed by atoms with Crippen molar-refractivity contribution in [1.29, 1.82) is 0 Å². The molecule has 3 amide bonds. The van der Waals surface area contributed by atoms with Gasteiger partial charge in [-0.05, 0) is 56.0 Å². The van der Waals surface area contributed by atoms with Gasteiger partial charge in [-0.15, -0.1) is 0 Å². The Hall–Kier alpha value is -3.02. The molecule has 0 saturated heterocycles. The molecule has 0 aliphatic heterocycles. The molecule has 1 atom stereocenters. The summed E-state index contributed by atoms with van der Waals surface area (Å²) in [4.78, 5) is 29.6. The number of hydrogen-bond donors (Lipinski definition) is 2. The first-order valence-corrected chi connectivity index (χ1v) is 11.5. The summed E-state index contributed by atoms with van der Waals surface area (Å²) >= 11 is 0. The second-order valence-corrected chi connectivity index (χ2v) is 8.29. The van der Waals surface area contributed by atoms with E-state index in [1.165, 1.54) is 0 Å². The van der Waals surface area contributed by atoms with E-state index < -0.39 is 0 Å². The maximum atomic E-state index is 13.6. The van der Waals surface area contributed by atoms with Crippen LogP contribution in [0.1, 0.15) is 57.7 Å². The van der Waals surface area contributed by atoms with Gasteiger partial charge in [-0.2, -0.15) is 0 Å². The normalized spacial score (nSPS) is 11.7. The molecule has 0 radical (unpaired) electrons. The van der Waals surface area contributed by atoms with Gasteiger partial charge in [0.1, 0.15) is 0 Å². The van der Waals surface area contributed by atoms with Gasteiger partial charge in [0.2, 0.25) is 5.91 Å². The number of carbonyl (C=O) groups excluding carboxylic acids is 2. The summed E-state index contributed by atoms with van der Waals surface area (Å²) < 4.78 is 0. The number of nitrogens with one attached hydrogen (secondary N) is 2. The average molecular weight is 439 g/mol. The molecule has 2 aromatic rings. The summed E-state index contributed by atoms with van der Waals surface area (Å²) in [6, 6.07) is 15.7. The maximum absolute atomic E-state index is 13.6. The van der Waals surface area contributed by atoms with E-state index in [0.717, 1.165) is 29.7 Å². The van der Waals surface area contributed by atoms with Crippen LogP contribution >= 0.6 is 0 Å². The summed E-state index contributed by atoms with van der Waals surface area (Å²) in [6.07, 6.45) is 1.62. The van der Waals surface area contributed by atoms with E-state index in [4.69, 9.17) is 0 Å². The third-order valence-electron chi connectivity index (χ3n) is 5.86. The molecule has 0 aliphatic carbocycles. The summed E-state index contributed by atoms with van der Waals surface area (Å²) in [5, 5.41) is 5.64. The number of nitrogens with zero attached hydrogens (tertiary/aromatic N) is 2. The maximum Gasteiger partial charge on any atom is 0.319 e. The van der Waals surface area contributed by atoms with E-state index in [2.05, 4.69) is 43.5 Å². The van der Waals surface area contributed by atoms with E-state index in [1.807, 2.05) is 67.2 Å². The summed E-state index contributed by atoms with van der Waals surface area (Å²) in [5.41, 5.74) is 3.83. The second-order valence-electron chi connectivity index (χ2n) is 8.29. The molecule has 2 aromatic carbocycles. The SMILES string of the molecule is CCNC(=O)Nc1ccc(N(C)C)c(CN(C(=O)C(CC)CC)C(C)c2ccccc2)c1. The highest BCUT2D eigenvalue weighted by Crippen LogP contribution is 2.30. The molecule has 6 nitrogen and oxygen atoms in total. The second kappa shape index (κ2) is 12.1. The third-order valence-corrected chi connectivity index (χ3v) is 5.86. The molecule has 32 heavy (non-hydrogen) atoms. The Balaban J connectivity index is 2.45. The molecule has 0 heterocycles. The molecular weight excluding hydrogens is 400 g/mol. The smallest absolute Gasteiger partial charge is 0.319 e. The van der Waals surface area contributed by atoms with Gasteiger partial charge in [-0.25, -0.2) is 4.79 Å². The summed E-state index contributed by atoms with van der Waals surface area (Å²) in [7, 11) is 3.98. The van der Waals surface area contributed by atoms with Crippen molar-refractivity contribution in [2.75, 3.05) is 30.9 Å². The Morgan fingerprint density at radius 1 is 0.969 bits per heavy atom. The zero-order valence-corrected chi connectivity index (χ0v) is 20.3. The highest BCUT2D eigenvalue weighted by molar-refractivity contribution is 5.89. The minimum Gasteiger partial charge on any atom is -0.377 e. The van der Waals surface area contributed by atoms with E-state index in [0.29, 0.717) is 18.8 Å². The van der Waals surface area contributed by atoms with Crippen molar-refractivity contribution in [2.45, 2.75) is 53.1 Å². The molecule has 6 heteroatoms. The first-order valence-electron chi connectivity index (χ1n) is 11.5. The van der Waals surface area contributed by atoms with Crippen molar-refractivity contribution in [3.05, 3.63) is 59.7 Å². The molecule has 1 unspecified atom stereocenters. The van der Waals surface area contributed by atoms with Gasteiger partial charge >= 0.3 is 6.03 Å². The van der Waals surface area contributed by atoms with Crippen molar-refractivity contribution >= 4 is 23.3 Å². The van der Waals surface area contributed by atoms with Crippen molar-refractivity contribution in [3.8, 4) is 0 Å². The van der Waals surface area contributed by atoms with Crippen LogP contribution in [0.2, 0.25) is 0 Å². The predicted molar refractivity (Wildman–Crippen MR) is 133 cm³/mol. The average Bonchev–Trinajstić information content (AvgIpc) is 2.78. The fraction of sp³-hybridized carbons (Fsp3) is 0.462. The Labute approximate surface area is 193 Å². The van der Waals surface area contributed by atoms with Crippen LogP contribution in [0.5, 0.6) is 0 Å². The predicted octanol–water partition coefficient (Wildman–Crippen LogP) is 5.42. The zero-order valence-electron chi connectivity index (χ0n) is 20.3. The highest BCUT2D eigenvalue weighted by atomic mass is 16.2. The van der Waals surface area contributed by atoms with Gasteiger partial charge in [0, 0.05) is 44.5 Å². The molecule has 0 bridgehead atoms. The molecule has 0 fully saturated rings. The van der Waals surface area contributed by atoms with Crippen molar-refractivity contribution in [1.82, 2.24) is 10.2 Å². The number of rotatable bonds is 10. The van der Waals surface area contributed by atoms with Crippen LogP contribution in [0.3, 0.4) is 0 Å². The van der Waals surface area contributed by atoms with Crippen LogP contribution in [0, 0.1) is 5.92 Å². The Morgan fingerprint density at radius 2 is 1.62 bits per heavy atom. The quantitative estimate of drug-likeness (QED) is 0.521. The lowest BCUT2D eigenvalue weighted by Crippen LogP contribution is -2.37. The monoisotopic (exact) mass is 438 g/mol. The molecule has 174 valence electrons. The van der Waals surface area contributed by atoms with Crippen LogP contribution in [-0.2, 0) is 11.3 Å². The van der Waals surface area contributed by atoms with Gasteiger partial charge in [-0.1, -0.05) is 44.2 Å².